The topological polar surface area (TPSA) is 49.2 Å². The predicted octanol–water partition coefficient (Wildman–Crippen LogP) is 8.89. The molecule has 1 fully saturated rings. The quantitative estimate of drug-likeness (QED) is 0.145. The maximum Gasteiger partial charge on any atom is 0.393 e. The lowest BCUT2D eigenvalue weighted by atomic mass is 9.88. The Kier molecular flexibility index (Phi) is 8.91. The zero-order chi connectivity index (χ0) is 29.9. The van der Waals surface area contributed by atoms with Crippen LogP contribution in [0.25, 0.3) is 22.0 Å². The van der Waals surface area contributed by atoms with E-state index < -0.39 is 30.6 Å². The van der Waals surface area contributed by atoms with E-state index in [1.165, 1.54) is 29.1 Å². The van der Waals surface area contributed by atoms with Gasteiger partial charge in [-0.3, -0.25) is 0 Å². The summed E-state index contributed by atoms with van der Waals surface area (Å²) in [5.41, 5.74) is 1.48. The zero-order valence-electron chi connectivity index (χ0n) is 23.4. The standard InChI is InChI=1S/C32H32F5N3O2/c1-3-6-20(2)42-28-15-11-23(19-38-28)30(26(18-32(35,36)37)21-8-12-24(33)13-9-21)22-10-14-27-25(17-22)31(34)39-40(27)29-7-4-5-16-41-29/h8-15,17,19-20,29H,3-7,16,18H2,1-2H3/b30-26-/t20-,29?/m0/s1. The van der Waals surface area contributed by atoms with E-state index in [0.29, 0.717) is 35.6 Å². The van der Waals surface area contributed by atoms with Gasteiger partial charge in [-0.1, -0.05) is 31.5 Å². The van der Waals surface area contributed by atoms with E-state index in [0.717, 1.165) is 37.8 Å². The average molecular weight is 586 g/mol. The van der Waals surface area contributed by atoms with Crippen molar-refractivity contribution in [3.05, 3.63) is 89.2 Å². The summed E-state index contributed by atoms with van der Waals surface area (Å²) in [6.45, 7) is 4.50. The van der Waals surface area contributed by atoms with Crippen molar-refractivity contribution in [2.24, 2.45) is 0 Å². The van der Waals surface area contributed by atoms with E-state index >= 15 is 4.39 Å². The molecule has 5 rings (SSSR count). The summed E-state index contributed by atoms with van der Waals surface area (Å²) in [6.07, 6.45) is -0.680. The molecule has 0 bridgehead atoms. The van der Waals surface area contributed by atoms with E-state index in [9.17, 15) is 17.6 Å². The Balaban J connectivity index is 1.68. The fraction of sp³-hybridized carbons (Fsp3) is 0.375. The SMILES string of the molecule is CCC[C@H](C)Oc1ccc(/C(=C(/CC(F)(F)F)c2ccc(F)cc2)c2ccc3c(c2)c(F)nn3C2CCCCO2)cn1. The first-order valence-corrected chi connectivity index (χ1v) is 14.1. The average Bonchev–Trinajstić information content (AvgIpc) is 3.30. The number of alkyl halides is 3. The molecule has 42 heavy (non-hydrogen) atoms. The van der Waals surface area contributed by atoms with Crippen LogP contribution >= 0.6 is 0 Å². The Morgan fingerprint density at radius 1 is 1.02 bits per heavy atom. The third-order valence-electron chi connectivity index (χ3n) is 7.29. The summed E-state index contributed by atoms with van der Waals surface area (Å²) in [4.78, 5) is 4.37. The molecule has 1 aliphatic rings. The summed E-state index contributed by atoms with van der Waals surface area (Å²) in [5, 5.41) is 4.23. The molecule has 2 atom stereocenters. The molecule has 0 saturated carbocycles. The van der Waals surface area contributed by atoms with Crippen LogP contribution in [0.1, 0.15) is 75.3 Å². The van der Waals surface area contributed by atoms with E-state index in [4.69, 9.17) is 9.47 Å². The van der Waals surface area contributed by atoms with Gasteiger partial charge in [0.25, 0.3) is 0 Å². The van der Waals surface area contributed by atoms with Gasteiger partial charge in [-0.05, 0) is 85.2 Å². The molecule has 0 radical (unpaired) electrons. The van der Waals surface area contributed by atoms with Crippen molar-refractivity contribution in [1.29, 1.82) is 0 Å². The number of rotatable bonds is 9. The minimum absolute atomic E-state index is 0.0848. The number of ether oxygens (including phenoxy) is 2. The molecule has 10 heteroatoms. The predicted molar refractivity (Wildman–Crippen MR) is 151 cm³/mol. The summed E-state index contributed by atoms with van der Waals surface area (Å²) in [7, 11) is 0. The van der Waals surface area contributed by atoms with Crippen LogP contribution in [-0.4, -0.2) is 33.7 Å². The second-order valence-corrected chi connectivity index (χ2v) is 10.5. The first-order valence-electron chi connectivity index (χ1n) is 14.1. The van der Waals surface area contributed by atoms with Crippen molar-refractivity contribution >= 4 is 22.0 Å². The fourth-order valence-corrected chi connectivity index (χ4v) is 5.37. The molecule has 2 aromatic heterocycles. The number of fused-ring (bicyclic) bond motifs is 1. The lowest BCUT2D eigenvalue weighted by Crippen LogP contribution is -2.19. The molecule has 5 nitrogen and oxygen atoms in total. The Morgan fingerprint density at radius 2 is 1.76 bits per heavy atom. The second kappa shape index (κ2) is 12.6. The summed E-state index contributed by atoms with van der Waals surface area (Å²) in [5.74, 6) is -0.975. The Morgan fingerprint density at radius 3 is 2.40 bits per heavy atom. The highest BCUT2D eigenvalue weighted by Gasteiger charge is 2.32. The van der Waals surface area contributed by atoms with Crippen LogP contribution in [0, 0.1) is 11.8 Å². The third-order valence-corrected chi connectivity index (χ3v) is 7.29. The Hall–Kier alpha value is -3.79. The second-order valence-electron chi connectivity index (χ2n) is 10.5. The fourth-order valence-electron chi connectivity index (χ4n) is 5.37. The molecule has 4 aromatic rings. The molecule has 222 valence electrons. The first-order chi connectivity index (χ1) is 20.1. The molecule has 0 spiro atoms. The minimum atomic E-state index is -4.58. The maximum absolute atomic E-state index is 15.2. The number of aromatic nitrogens is 3. The van der Waals surface area contributed by atoms with E-state index in [2.05, 4.69) is 10.1 Å². The third kappa shape index (κ3) is 6.81. The molecule has 0 amide bonds. The summed E-state index contributed by atoms with van der Waals surface area (Å²) in [6, 6.07) is 12.9. The number of nitrogens with zero attached hydrogens (tertiary/aromatic N) is 3. The number of hydrogen-bond donors (Lipinski definition) is 0. The zero-order valence-corrected chi connectivity index (χ0v) is 23.4. The van der Waals surface area contributed by atoms with Gasteiger partial charge in [0.05, 0.1) is 23.4 Å². The van der Waals surface area contributed by atoms with Gasteiger partial charge in [-0.2, -0.15) is 17.6 Å². The highest BCUT2D eigenvalue weighted by atomic mass is 19.4. The molecular weight excluding hydrogens is 553 g/mol. The first kappa shape index (κ1) is 29.7. The van der Waals surface area contributed by atoms with Gasteiger partial charge in [0.15, 0.2) is 6.23 Å². The van der Waals surface area contributed by atoms with Crippen molar-refractivity contribution in [2.75, 3.05) is 6.61 Å². The van der Waals surface area contributed by atoms with Gasteiger partial charge < -0.3 is 9.47 Å². The van der Waals surface area contributed by atoms with E-state index in [-0.39, 0.29) is 28.2 Å². The molecule has 1 unspecified atom stereocenters. The Labute approximate surface area is 241 Å². The smallest absolute Gasteiger partial charge is 0.393 e. The van der Waals surface area contributed by atoms with E-state index in [1.807, 2.05) is 13.8 Å². The van der Waals surface area contributed by atoms with Gasteiger partial charge in [0, 0.05) is 24.4 Å². The monoisotopic (exact) mass is 585 g/mol. The van der Waals surface area contributed by atoms with Gasteiger partial charge in [-0.15, -0.1) is 5.10 Å². The van der Waals surface area contributed by atoms with Crippen LogP contribution < -0.4 is 4.74 Å². The number of allylic oxidation sites excluding steroid dienone is 1. The van der Waals surface area contributed by atoms with Crippen LogP contribution in [-0.2, 0) is 4.74 Å². The largest absolute Gasteiger partial charge is 0.475 e. The number of benzene rings is 2. The van der Waals surface area contributed by atoms with Gasteiger partial charge in [0.1, 0.15) is 5.82 Å². The lowest BCUT2D eigenvalue weighted by Gasteiger charge is -2.23. The summed E-state index contributed by atoms with van der Waals surface area (Å²) < 4.78 is 84.3. The molecule has 3 heterocycles. The van der Waals surface area contributed by atoms with Crippen LogP contribution in [0.5, 0.6) is 5.88 Å². The molecule has 2 aromatic carbocycles. The van der Waals surface area contributed by atoms with Crippen molar-refractivity contribution in [3.8, 4) is 5.88 Å². The number of hydrogen-bond acceptors (Lipinski definition) is 4. The van der Waals surface area contributed by atoms with Crippen LogP contribution in [0.4, 0.5) is 22.0 Å². The van der Waals surface area contributed by atoms with Crippen LogP contribution in [0.15, 0.2) is 60.8 Å². The highest BCUT2D eigenvalue weighted by molar-refractivity contribution is 6.00. The lowest BCUT2D eigenvalue weighted by molar-refractivity contribution is -0.122. The molecule has 0 N–H and O–H groups in total. The Bertz CT molecular complexity index is 1540. The van der Waals surface area contributed by atoms with Gasteiger partial charge >= 0.3 is 6.18 Å². The van der Waals surface area contributed by atoms with E-state index in [1.54, 1.807) is 24.3 Å². The van der Waals surface area contributed by atoms with Crippen molar-refractivity contribution in [1.82, 2.24) is 14.8 Å². The minimum Gasteiger partial charge on any atom is -0.475 e. The molecule has 1 aliphatic heterocycles. The van der Waals surface area contributed by atoms with Crippen LogP contribution in [0.2, 0.25) is 0 Å². The summed E-state index contributed by atoms with van der Waals surface area (Å²) >= 11 is 0. The molecule has 1 saturated heterocycles. The highest BCUT2D eigenvalue weighted by Crippen LogP contribution is 2.41. The molecule has 0 aliphatic carbocycles. The molecular formula is C32H32F5N3O2. The van der Waals surface area contributed by atoms with Crippen molar-refractivity contribution in [3.63, 3.8) is 0 Å². The van der Waals surface area contributed by atoms with Crippen LogP contribution in [0.3, 0.4) is 0 Å². The normalized spacial score (nSPS) is 17.3. The van der Waals surface area contributed by atoms with Gasteiger partial charge in [-0.25, -0.2) is 14.1 Å². The number of halogens is 5. The van der Waals surface area contributed by atoms with Crippen molar-refractivity contribution < 1.29 is 31.4 Å². The maximum atomic E-state index is 15.2. The van der Waals surface area contributed by atoms with Gasteiger partial charge in [0.2, 0.25) is 11.8 Å². The number of pyridine rings is 1. The van der Waals surface area contributed by atoms with Crippen molar-refractivity contribution in [2.45, 2.75) is 70.9 Å².